The number of aryl methyl sites for hydroxylation is 1. The summed E-state index contributed by atoms with van der Waals surface area (Å²) in [5.74, 6) is -1.27. The SMILES string of the molecule is COC(=O)[C@@](C)(Cl)CS(=O)(=O)c1ccc(C)cc1. The fraction of sp³-hybridized carbons (Fsp3) is 0.417. The van der Waals surface area contributed by atoms with Gasteiger partial charge in [-0.1, -0.05) is 17.7 Å². The van der Waals surface area contributed by atoms with Gasteiger partial charge in [0.1, 0.15) is 0 Å². The molecule has 6 heteroatoms. The average Bonchev–Trinajstić information content (AvgIpc) is 2.27. The van der Waals surface area contributed by atoms with Crippen LogP contribution in [0.4, 0.5) is 0 Å². The van der Waals surface area contributed by atoms with Crippen LogP contribution in [-0.4, -0.2) is 32.1 Å². The van der Waals surface area contributed by atoms with Gasteiger partial charge in [0.2, 0.25) is 0 Å². The molecule has 100 valence electrons. The second-order valence-electron chi connectivity index (χ2n) is 4.26. The van der Waals surface area contributed by atoms with Crippen LogP contribution in [0.3, 0.4) is 0 Å². The number of esters is 1. The van der Waals surface area contributed by atoms with Crippen LogP contribution >= 0.6 is 11.6 Å². The van der Waals surface area contributed by atoms with Crippen molar-refractivity contribution in [1.82, 2.24) is 0 Å². The minimum atomic E-state index is -3.62. The van der Waals surface area contributed by atoms with Gasteiger partial charge in [0.05, 0.1) is 17.8 Å². The number of sulfone groups is 1. The number of methoxy groups -OCH3 is 1. The molecular formula is C12H15ClO4S. The molecular weight excluding hydrogens is 276 g/mol. The van der Waals surface area contributed by atoms with Crippen molar-refractivity contribution < 1.29 is 17.9 Å². The van der Waals surface area contributed by atoms with Crippen LogP contribution in [0.1, 0.15) is 12.5 Å². The van der Waals surface area contributed by atoms with E-state index in [1.165, 1.54) is 26.2 Å². The Bertz CT molecular complexity index is 532. The highest BCUT2D eigenvalue weighted by atomic mass is 35.5. The van der Waals surface area contributed by atoms with Crippen LogP contribution in [0.15, 0.2) is 29.2 Å². The third-order valence-corrected chi connectivity index (χ3v) is 4.85. The maximum atomic E-state index is 12.1. The van der Waals surface area contributed by atoms with E-state index in [-0.39, 0.29) is 4.90 Å². The van der Waals surface area contributed by atoms with E-state index in [1.54, 1.807) is 12.1 Å². The summed E-state index contributed by atoms with van der Waals surface area (Å²) in [6.07, 6.45) is 0. The first-order chi connectivity index (χ1) is 8.19. The summed E-state index contributed by atoms with van der Waals surface area (Å²) in [5.41, 5.74) is 0.954. The number of rotatable bonds is 4. The van der Waals surface area contributed by atoms with E-state index >= 15 is 0 Å². The number of carbonyl (C=O) groups is 1. The number of carbonyl (C=O) groups excluding carboxylic acids is 1. The van der Waals surface area contributed by atoms with Crippen molar-refractivity contribution in [3.63, 3.8) is 0 Å². The number of hydrogen-bond donors (Lipinski definition) is 0. The van der Waals surface area contributed by atoms with Crippen molar-refractivity contribution in [3.8, 4) is 0 Å². The molecule has 1 aromatic rings. The van der Waals surface area contributed by atoms with Crippen LogP contribution in [0.25, 0.3) is 0 Å². The summed E-state index contributed by atoms with van der Waals surface area (Å²) < 4.78 is 28.7. The maximum absolute atomic E-state index is 12.1. The Hall–Kier alpha value is -1.07. The molecule has 0 aliphatic carbocycles. The summed E-state index contributed by atoms with van der Waals surface area (Å²) in [7, 11) is -2.45. The van der Waals surface area contributed by atoms with Gasteiger partial charge < -0.3 is 4.74 Å². The number of alkyl halides is 1. The Kier molecular flexibility index (Phi) is 4.40. The molecule has 0 radical (unpaired) electrons. The molecule has 1 atom stereocenters. The molecule has 0 fully saturated rings. The molecule has 0 aliphatic heterocycles. The van der Waals surface area contributed by atoms with Crippen molar-refractivity contribution in [2.75, 3.05) is 12.9 Å². The molecule has 1 rings (SSSR count). The molecule has 0 aliphatic rings. The van der Waals surface area contributed by atoms with E-state index in [0.29, 0.717) is 0 Å². The van der Waals surface area contributed by atoms with Crippen molar-refractivity contribution >= 4 is 27.4 Å². The van der Waals surface area contributed by atoms with Gasteiger partial charge in [-0.15, -0.1) is 11.6 Å². The first-order valence-corrected chi connectivity index (χ1v) is 7.29. The molecule has 0 amide bonds. The van der Waals surface area contributed by atoms with Gasteiger partial charge in [0.25, 0.3) is 0 Å². The first kappa shape index (κ1) is 15.0. The molecule has 18 heavy (non-hydrogen) atoms. The highest BCUT2D eigenvalue weighted by Crippen LogP contribution is 2.23. The minimum Gasteiger partial charge on any atom is -0.468 e. The molecule has 0 unspecified atom stereocenters. The monoisotopic (exact) mass is 290 g/mol. The lowest BCUT2D eigenvalue weighted by molar-refractivity contribution is -0.142. The number of hydrogen-bond acceptors (Lipinski definition) is 4. The standard InChI is InChI=1S/C12H15ClO4S/c1-9-4-6-10(7-5-9)18(15,16)8-12(2,13)11(14)17-3/h4-7H,8H2,1-3H3/t12-/m0/s1. The molecule has 0 heterocycles. The highest BCUT2D eigenvalue weighted by Gasteiger charge is 2.37. The predicted octanol–water partition coefficient (Wildman–Crippen LogP) is 1.94. The molecule has 0 bridgehead atoms. The second kappa shape index (κ2) is 5.28. The van der Waals surface area contributed by atoms with E-state index in [1.807, 2.05) is 6.92 Å². The normalized spacial score (nSPS) is 14.9. The smallest absolute Gasteiger partial charge is 0.327 e. The Morgan fingerprint density at radius 1 is 1.33 bits per heavy atom. The van der Waals surface area contributed by atoms with Crippen LogP contribution in [0.2, 0.25) is 0 Å². The quantitative estimate of drug-likeness (QED) is 0.628. The third kappa shape index (κ3) is 3.46. The lowest BCUT2D eigenvalue weighted by atomic mass is 10.2. The largest absolute Gasteiger partial charge is 0.468 e. The number of ether oxygens (including phenoxy) is 1. The van der Waals surface area contributed by atoms with Gasteiger partial charge in [0, 0.05) is 0 Å². The fourth-order valence-corrected chi connectivity index (χ4v) is 3.51. The second-order valence-corrected chi connectivity index (χ2v) is 7.08. The minimum absolute atomic E-state index is 0.142. The van der Waals surface area contributed by atoms with Gasteiger partial charge in [-0.25, -0.2) is 8.42 Å². The summed E-state index contributed by atoms with van der Waals surface area (Å²) in [5, 5.41) is 0. The number of benzene rings is 1. The first-order valence-electron chi connectivity index (χ1n) is 5.26. The molecule has 0 saturated heterocycles. The highest BCUT2D eigenvalue weighted by molar-refractivity contribution is 7.91. The van der Waals surface area contributed by atoms with E-state index in [0.717, 1.165) is 5.56 Å². The van der Waals surface area contributed by atoms with E-state index in [2.05, 4.69) is 4.74 Å². The molecule has 0 N–H and O–H groups in total. The lowest BCUT2D eigenvalue weighted by Gasteiger charge is -2.18. The van der Waals surface area contributed by atoms with Crippen LogP contribution in [-0.2, 0) is 19.4 Å². The van der Waals surface area contributed by atoms with Crippen LogP contribution in [0.5, 0.6) is 0 Å². The van der Waals surface area contributed by atoms with E-state index in [4.69, 9.17) is 11.6 Å². The van der Waals surface area contributed by atoms with Crippen molar-refractivity contribution in [2.45, 2.75) is 23.6 Å². The zero-order chi connectivity index (χ0) is 14.0. The zero-order valence-electron chi connectivity index (χ0n) is 10.4. The topological polar surface area (TPSA) is 60.4 Å². The van der Waals surface area contributed by atoms with E-state index < -0.39 is 26.4 Å². The third-order valence-electron chi connectivity index (χ3n) is 2.45. The van der Waals surface area contributed by atoms with Gasteiger partial charge in [-0.2, -0.15) is 0 Å². The Balaban J connectivity index is 3.02. The van der Waals surface area contributed by atoms with Crippen LogP contribution < -0.4 is 0 Å². The van der Waals surface area contributed by atoms with Gasteiger partial charge in [-0.3, -0.25) is 4.79 Å². The number of halogens is 1. The van der Waals surface area contributed by atoms with Gasteiger partial charge in [-0.05, 0) is 26.0 Å². The van der Waals surface area contributed by atoms with E-state index in [9.17, 15) is 13.2 Å². The zero-order valence-corrected chi connectivity index (χ0v) is 12.0. The summed E-state index contributed by atoms with van der Waals surface area (Å²) >= 11 is 5.90. The summed E-state index contributed by atoms with van der Waals surface area (Å²) in [6, 6.07) is 6.37. The van der Waals surface area contributed by atoms with Crippen molar-refractivity contribution in [3.05, 3.63) is 29.8 Å². The van der Waals surface area contributed by atoms with Crippen molar-refractivity contribution in [1.29, 1.82) is 0 Å². The fourth-order valence-electron chi connectivity index (χ4n) is 1.46. The maximum Gasteiger partial charge on any atom is 0.327 e. The molecule has 0 spiro atoms. The van der Waals surface area contributed by atoms with Gasteiger partial charge >= 0.3 is 5.97 Å². The molecule has 1 aromatic carbocycles. The Morgan fingerprint density at radius 3 is 2.28 bits per heavy atom. The summed E-state index contributed by atoms with van der Waals surface area (Å²) in [4.78, 5) is 9.94. The van der Waals surface area contributed by atoms with Crippen LogP contribution in [0, 0.1) is 6.92 Å². The predicted molar refractivity (Wildman–Crippen MR) is 69.5 cm³/mol. The molecule has 0 aromatic heterocycles. The summed E-state index contributed by atoms with van der Waals surface area (Å²) in [6.45, 7) is 3.18. The van der Waals surface area contributed by atoms with Gasteiger partial charge in [0.15, 0.2) is 14.7 Å². The lowest BCUT2D eigenvalue weighted by Crippen LogP contribution is -2.37. The Labute approximate surface area is 112 Å². The van der Waals surface area contributed by atoms with Crippen molar-refractivity contribution in [2.24, 2.45) is 0 Å². The average molecular weight is 291 g/mol. The Morgan fingerprint density at radius 2 is 1.83 bits per heavy atom. The molecule has 0 saturated carbocycles. The molecule has 4 nitrogen and oxygen atoms in total.